The number of aryl methyl sites for hydroxylation is 1. The molecule has 1 aromatic rings. The van der Waals surface area contributed by atoms with Gasteiger partial charge in [-0.3, -0.25) is 0 Å². The van der Waals surface area contributed by atoms with Crippen LogP contribution in [0, 0.1) is 10.5 Å². The fourth-order valence-corrected chi connectivity index (χ4v) is 1.74. The minimum atomic E-state index is -0.192. The molecule has 0 N–H and O–H groups in total. The van der Waals surface area contributed by atoms with Crippen molar-refractivity contribution in [2.24, 2.45) is 0 Å². The summed E-state index contributed by atoms with van der Waals surface area (Å²) in [6, 6.07) is 3.91. The monoisotopic (exact) mass is 274 g/mol. The summed E-state index contributed by atoms with van der Waals surface area (Å²) in [7, 11) is 0. The fourth-order valence-electron chi connectivity index (χ4n) is 1.27. The van der Waals surface area contributed by atoms with Gasteiger partial charge >= 0.3 is 5.97 Å². The van der Waals surface area contributed by atoms with E-state index in [-0.39, 0.29) is 5.97 Å². The first-order chi connectivity index (χ1) is 5.68. The SMILES string of the molecule is Cc1cc2c(cc1I)C(=O)OC2. The van der Waals surface area contributed by atoms with Crippen molar-refractivity contribution in [3.63, 3.8) is 0 Å². The number of hydrogen-bond acceptors (Lipinski definition) is 2. The lowest BCUT2D eigenvalue weighted by Gasteiger charge is -1.99. The van der Waals surface area contributed by atoms with Crippen molar-refractivity contribution in [2.45, 2.75) is 13.5 Å². The van der Waals surface area contributed by atoms with Crippen molar-refractivity contribution in [3.8, 4) is 0 Å². The fraction of sp³-hybridized carbons (Fsp3) is 0.222. The first-order valence-electron chi connectivity index (χ1n) is 3.64. The Balaban J connectivity index is 2.63. The number of ether oxygens (including phenoxy) is 1. The van der Waals surface area contributed by atoms with Gasteiger partial charge in [0.15, 0.2) is 0 Å². The Morgan fingerprint density at radius 2 is 2.25 bits per heavy atom. The van der Waals surface area contributed by atoms with Crippen LogP contribution in [0.4, 0.5) is 0 Å². The van der Waals surface area contributed by atoms with Gasteiger partial charge in [0.1, 0.15) is 6.61 Å². The molecule has 0 radical (unpaired) electrons. The van der Waals surface area contributed by atoms with Gasteiger partial charge in [-0.1, -0.05) is 6.07 Å². The lowest BCUT2D eigenvalue weighted by Crippen LogP contribution is -1.94. The number of benzene rings is 1. The predicted octanol–water partition coefficient (Wildman–Crippen LogP) is 2.27. The van der Waals surface area contributed by atoms with Gasteiger partial charge in [-0.25, -0.2) is 4.79 Å². The number of halogens is 1. The van der Waals surface area contributed by atoms with Crippen molar-refractivity contribution in [2.75, 3.05) is 0 Å². The van der Waals surface area contributed by atoms with Crippen molar-refractivity contribution in [3.05, 3.63) is 32.4 Å². The van der Waals surface area contributed by atoms with Crippen LogP contribution in [0.15, 0.2) is 12.1 Å². The van der Waals surface area contributed by atoms with Gasteiger partial charge in [0.05, 0.1) is 5.56 Å². The number of carbonyl (C=O) groups is 1. The molecule has 0 fully saturated rings. The molecule has 0 bridgehead atoms. The van der Waals surface area contributed by atoms with Crippen molar-refractivity contribution < 1.29 is 9.53 Å². The van der Waals surface area contributed by atoms with E-state index in [1.807, 2.05) is 19.1 Å². The summed E-state index contributed by atoms with van der Waals surface area (Å²) < 4.78 is 6.01. The summed E-state index contributed by atoms with van der Waals surface area (Å²) in [5.74, 6) is -0.192. The average molecular weight is 274 g/mol. The summed E-state index contributed by atoms with van der Waals surface area (Å²) in [6.45, 7) is 2.47. The first-order valence-corrected chi connectivity index (χ1v) is 4.72. The number of fused-ring (bicyclic) bond motifs is 1. The minimum Gasteiger partial charge on any atom is -0.457 e. The Labute approximate surface area is 84.1 Å². The molecule has 0 saturated heterocycles. The van der Waals surface area contributed by atoms with E-state index in [2.05, 4.69) is 22.6 Å². The summed E-state index contributed by atoms with van der Waals surface area (Å²) in [5.41, 5.74) is 2.94. The summed E-state index contributed by atoms with van der Waals surface area (Å²) in [5, 5.41) is 0. The van der Waals surface area contributed by atoms with E-state index in [4.69, 9.17) is 4.74 Å². The second-order valence-electron chi connectivity index (χ2n) is 2.83. The molecule has 12 heavy (non-hydrogen) atoms. The quantitative estimate of drug-likeness (QED) is 0.536. The number of hydrogen-bond donors (Lipinski definition) is 0. The Morgan fingerprint density at radius 1 is 1.50 bits per heavy atom. The molecule has 1 aromatic carbocycles. The van der Waals surface area contributed by atoms with Crippen molar-refractivity contribution in [1.82, 2.24) is 0 Å². The standard InChI is InChI=1S/C9H7IO2/c1-5-2-6-4-12-9(11)7(6)3-8(5)10/h2-3H,4H2,1H3. The largest absolute Gasteiger partial charge is 0.457 e. The average Bonchev–Trinajstić information content (AvgIpc) is 2.35. The first kappa shape index (κ1) is 8.04. The maximum Gasteiger partial charge on any atom is 0.338 e. The molecule has 1 heterocycles. The molecular weight excluding hydrogens is 267 g/mol. The molecule has 0 aliphatic carbocycles. The molecule has 3 heteroatoms. The van der Waals surface area contributed by atoms with Crippen LogP contribution < -0.4 is 0 Å². The van der Waals surface area contributed by atoms with Gasteiger partial charge in [0, 0.05) is 9.13 Å². The minimum absolute atomic E-state index is 0.192. The van der Waals surface area contributed by atoms with E-state index < -0.39 is 0 Å². The Morgan fingerprint density at radius 3 is 3.00 bits per heavy atom. The molecule has 0 amide bonds. The van der Waals surface area contributed by atoms with Crippen LogP contribution >= 0.6 is 22.6 Å². The lowest BCUT2D eigenvalue weighted by atomic mass is 10.1. The van der Waals surface area contributed by atoms with Crippen LogP contribution in [-0.4, -0.2) is 5.97 Å². The number of esters is 1. The van der Waals surface area contributed by atoms with E-state index in [1.54, 1.807) is 0 Å². The topological polar surface area (TPSA) is 26.3 Å². The molecule has 2 nitrogen and oxygen atoms in total. The van der Waals surface area contributed by atoms with Crippen molar-refractivity contribution in [1.29, 1.82) is 0 Å². The van der Waals surface area contributed by atoms with Crippen LogP contribution in [0.5, 0.6) is 0 Å². The molecule has 0 unspecified atom stereocenters. The zero-order valence-corrected chi connectivity index (χ0v) is 8.71. The molecule has 0 aromatic heterocycles. The molecule has 1 aliphatic rings. The Bertz CT molecular complexity index is 358. The van der Waals surface area contributed by atoms with Gasteiger partial charge < -0.3 is 4.74 Å². The van der Waals surface area contributed by atoms with E-state index in [9.17, 15) is 4.79 Å². The molecule has 62 valence electrons. The van der Waals surface area contributed by atoms with Crippen LogP contribution in [0.1, 0.15) is 21.5 Å². The maximum absolute atomic E-state index is 11.1. The molecule has 0 atom stereocenters. The second kappa shape index (κ2) is 2.73. The summed E-state index contributed by atoms with van der Waals surface area (Å²) in [6.07, 6.45) is 0. The van der Waals surface area contributed by atoms with Gasteiger partial charge in [-0.2, -0.15) is 0 Å². The third-order valence-electron chi connectivity index (χ3n) is 1.96. The Kier molecular flexibility index (Phi) is 1.83. The van der Waals surface area contributed by atoms with Crippen LogP contribution in [0.3, 0.4) is 0 Å². The highest BCUT2D eigenvalue weighted by Crippen LogP contribution is 2.24. The zero-order valence-electron chi connectivity index (χ0n) is 6.56. The predicted molar refractivity (Wildman–Crippen MR) is 53.0 cm³/mol. The van der Waals surface area contributed by atoms with E-state index in [0.29, 0.717) is 6.61 Å². The molecule has 1 aliphatic heterocycles. The number of rotatable bonds is 0. The molecule has 0 saturated carbocycles. The summed E-state index contributed by atoms with van der Waals surface area (Å²) in [4.78, 5) is 11.1. The van der Waals surface area contributed by atoms with Crippen LogP contribution in [0.25, 0.3) is 0 Å². The van der Waals surface area contributed by atoms with Gasteiger partial charge in [-0.05, 0) is 41.1 Å². The van der Waals surface area contributed by atoms with Crippen molar-refractivity contribution >= 4 is 28.6 Å². The van der Waals surface area contributed by atoms with E-state index in [1.165, 1.54) is 5.56 Å². The second-order valence-corrected chi connectivity index (χ2v) is 4.00. The summed E-state index contributed by atoms with van der Waals surface area (Å²) >= 11 is 2.22. The number of carbonyl (C=O) groups excluding carboxylic acids is 1. The highest BCUT2D eigenvalue weighted by Gasteiger charge is 2.21. The third kappa shape index (κ3) is 1.12. The molecule has 0 spiro atoms. The van der Waals surface area contributed by atoms with E-state index in [0.717, 1.165) is 14.7 Å². The highest BCUT2D eigenvalue weighted by atomic mass is 127. The van der Waals surface area contributed by atoms with Crippen LogP contribution in [-0.2, 0) is 11.3 Å². The van der Waals surface area contributed by atoms with Gasteiger partial charge in [0.2, 0.25) is 0 Å². The molecular formula is C9H7IO2. The normalized spacial score (nSPS) is 14.3. The zero-order chi connectivity index (χ0) is 8.72. The highest BCUT2D eigenvalue weighted by molar-refractivity contribution is 14.1. The Hall–Kier alpha value is -0.580. The maximum atomic E-state index is 11.1. The molecule has 2 rings (SSSR count). The van der Waals surface area contributed by atoms with Crippen LogP contribution in [0.2, 0.25) is 0 Å². The number of cyclic esters (lactones) is 1. The smallest absolute Gasteiger partial charge is 0.338 e. The van der Waals surface area contributed by atoms with Gasteiger partial charge in [-0.15, -0.1) is 0 Å². The third-order valence-corrected chi connectivity index (χ3v) is 3.13. The van der Waals surface area contributed by atoms with Gasteiger partial charge in [0.25, 0.3) is 0 Å². The van der Waals surface area contributed by atoms with E-state index >= 15 is 0 Å². The lowest BCUT2D eigenvalue weighted by molar-refractivity contribution is 0.0535.